The van der Waals surface area contributed by atoms with Crippen molar-refractivity contribution in [2.24, 2.45) is 0 Å². The van der Waals surface area contributed by atoms with Gasteiger partial charge in [0.2, 0.25) is 10.0 Å². The van der Waals surface area contributed by atoms with Crippen LogP contribution in [0.5, 0.6) is 5.75 Å². The molecule has 1 N–H and O–H groups in total. The maximum Gasteiger partial charge on any atom is 0.243 e. The van der Waals surface area contributed by atoms with E-state index < -0.39 is 10.0 Å². The SMILES string of the molecule is CCCCCOc1ccc(S(=O)(=O)N2CCC3CCC(C2)N3)cc1. The molecule has 134 valence electrons. The first-order valence-corrected chi connectivity index (χ1v) is 10.5. The number of nitrogens with zero attached hydrogens (tertiary/aromatic N) is 1. The van der Waals surface area contributed by atoms with Crippen molar-refractivity contribution in [3.8, 4) is 5.75 Å². The second-order valence-electron chi connectivity index (χ2n) is 6.82. The molecule has 2 aliphatic rings. The molecule has 0 radical (unpaired) electrons. The maximum absolute atomic E-state index is 12.9. The number of hydrogen-bond acceptors (Lipinski definition) is 4. The molecular weight excluding hydrogens is 324 g/mol. The largest absolute Gasteiger partial charge is 0.494 e. The lowest BCUT2D eigenvalue weighted by Crippen LogP contribution is -2.39. The standard InChI is InChI=1S/C18H28N2O3S/c1-2-3-4-13-23-17-7-9-18(10-8-17)24(21,22)20-12-11-15-5-6-16(14-20)19-15/h7-10,15-16,19H,2-6,11-14H2,1H3. The fraction of sp³-hybridized carbons (Fsp3) is 0.667. The molecule has 0 aliphatic carbocycles. The van der Waals surface area contributed by atoms with E-state index in [-0.39, 0.29) is 0 Å². The molecule has 2 atom stereocenters. The smallest absolute Gasteiger partial charge is 0.243 e. The fourth-order valence-corrected chi connectivity index (χ4v) is 5.03. The number of hydrogen-bond donors (Lipinski definition) is 1. The van der Waals surface area contributed by atoms with Crippen LogP contribution in [0, 0.1) is 0 Å². The van der Waals surface area contributed by atoms with E-state index in [1.54, 1.807) is 28.6 Å². The normalized spacial score (nSPS) is 24.7. The average Bonchev–Trinajstić information content (AvgIpc) is 2.90. The van der Waals surface area contributed by atoms with Crippen LogP contribution in [-0.2, 0) is 10.0 Å². The van der Waals surface area contributed by atoms with E-state index in [0.29, 0.717) is 36.7 Å². The summed E-state index contributed by atoms with van der Waals surface area (Å²) in [5.74, 6) is 0.738. The van der Waals surface area contributed by atoms with Crippen LogP contribution in [0.2, 0.25) is 0 Å². The summed E-state index contributed by atoms with van der Waals surface area (Å²) in [7, 11) is -3.42. The Hall–Kier alpha value is -1.11. The number of nitrogens with one attached hydrogen (secondary N) is 1. The molecule has 2 saturated heterocycles. The molecule has 1 aromatic carbocycles. The minimum atomic E-state index is -3.42. The first-order valence-electron chi connectivity index (χ1n) is 9.08. The number of ether oxygens (including phenoxy) is 1. The summed E-state index contributed by atoms with van der Waals surface area (Å²) < 4.78 is 33.1. The van der Waals surface area contributed by atoms with Crippen molar-refractivity contribution in [2.45, 2.75) is 62.4 Å². The first kappa shape index (κ1) is 17.7. The number of rotatable bonds is 7. The predicted octanol–water partition coefficient (Wildman–Crippen LogP) is 2.77. The minimum Gasteiger partial charge on any atom is -0.494 e. The quantitative estimate of drug-likeness (QED) is 0.767. The van der Waals surface area contributed by atoms with Crippen LogP contribution in [0.1, 0.15) is 45.4 Å². The Labute approximate surface area is 145 Å². The molecule has 5 nitrogen and oxygen atoms in total. The van der Waals surface area contributed by atoms with Crippen molar-refractivity contribution in [2.75, 3.05) is 19.7 Å². The van der Waals surface area contributed by atoms with Crippen molar-refractivity contribution >= 4 is 10.0 Å². The number of unbranched alkanes of at least 4 members (excludes halogenated alkanes) is 2. The highest BCUT2D eigenvalue weighted by Crippen LogP contribution is 2.26. The molecule has 0 saturated carbocycles. The number of benzene rings is 1. The summed E-state index contributed by atoms with van der Waals surface area (Å²) in [5, 5.41) is 3.52. The lowest BCUT2D eigenvalue weighted by atomic mass is 10.1. The highest BCUT2D eigenvalue weighted by molar-refractivity contribution is 7.89. The third-order valence-corrected chi connectivity index (χ3v) is 6.84. The van der Waals surface area contributed by atoms with E-state index in [2.05, 4.69) is 12.2 Å². The van der Waals surface area contributed by atoms with Gasteiger partial charge in [-0.3, -0.25) is 0 Å². The molecule has 0 amide bonds. The number of fused-ring (bicyclic) bond motifs is 2. The third kappa shape index (κ3) is 4.10. The van der Waals surface area contributed by atoms with Gasteiger partial charge in [-0.15, -0.1) is 0 Å². The van der Waals surface area contributed by atoms with Crippen LogP contribution in [0.25, 0.3) is 0 Å². The van der Waals surface area contributed by atoms with Gasteiger partial charge in [0.15, 0.2) is 0 Å². The summed E-state index contributed by atoms with van der Waals surface area (Å²) in [6.45, 7) is 4.02. The summed E-state index contributed by atoms with van der Waals surface area (Å²) in [5.41, 5.74) is 0. The number of sulfonamides is 1. The molecule has 6 heteroatoms. The highest BCUT2D eigenvalue weighted by Gasteiger charge is 2.34. The van der Waals surface area contributed by atoms with Crippen molar-refractivity contribution in [3.05, 3.63) is 24.3 Å². The molecular formula is C18H28N2O3S. The zero-order valence-corrected chi connectivity index (χ0v) is 15.2. The second kappa shape index (κ2) is 7.85. The van der Waals surface area contributed by atoms with E-state index >= 15 is 0 Å². The van der Waals surface area contributed by atoms with Crippen LogP contribution in [0.3, 0.4) is 0 Å². The van der Waals surface area contributed by atoms with E-state index in [1.165, 1.54) is 6.42 Å². The van der Waals surface area contributed by atoms with Gasteiger partial charge in [-0.05, 0) is 49.9 Å². The van der Waals surface area contributed by atoms with Crippen LogP contribution in [-0.4, -0.2) is 44.5 Å². The van der Waals surface area contributed by atoms with Gasteiger partial charge in [-0.25, -0.2) is 8.42 Å². The van der Waals surface area contributed by atoms with Crippen LogP contribution in [0.15, 0.2) is 29.2 Å². The van der Waals surface area contributed by atoms with Crippen molar-refractivity contribution in [3.63, 3.8) is 0 Å². The van der Waals surface area contributed by atoms with Crippen molar-refractivity contribution in [1.82, 2.24) is 9.62 Å². The molecule has 0 spiro atoms. The highest BCUT2D eigenvalue weighted by atomic mass is 32.2. The Bertz CT molecular complexity index is 630. The molecule has 0 aromatic heterocycles. The molecule has 2 heterocycles. The van der Waals surface area contributed by atoms with Gasteiger partial charge < -0.3 is 10.1 Å². The summed E-state index contributed by atoms with van der Waals surface area (Å²) in [4.78, 5) is 0.362. The van der Waals surface area contributed by atoms with Gasteiger partial charge in [0.05, 0.1) is 11.5 Å². The molecule has 24 heavy (non-hydrogen) atoms. The summed E-state index contributed by atoms with van der Waals surface area (Å²) in [6.07, 6.45) is 6.47. The lowest BCUT2D eigenvalue weighted by Gasteiger charge is -2.23. The van der Waals surface area contributed by atoms with Gasteiger partial charge in [0, 0.05) is 25.2 Å². The third-order valence-electron chi connectivity index (χ3n) is 4.96. The van der Waals surface area contributed by atoms with E-state index in [4.69, 9.17) is 4.74 Å². The van der Waals surface area contributed by atoms with Gasteiger partial charge in [0.1, 0.15) is 5.75 Å². The van der Waals surface area contributed by atoms with Crippen molar-refractivity contribution in [1.29, 1.82) is 0 Å². The summed E-state index contributed by atoms with van der Waals surface area (Å²) >= 11 is 0. The van der Waals surface area contributed by atoms with Crippen molar-refractivity contribution < 1.29 is 13.2 Å². The Morgan fingerprint density at radius 2 is 1.88 bits per heavy atom. The molecule has 2 unspecified atom stereocenters. The monoisotopic (exact) mass is 352 g/mol. The fourth-order valence-electron chi connectivity index (χ4n) is 3.53. The Morgan fingerprint density at radius 3 is 2.62 bits per heavy atom. The Balaban J connectivity index is 1.64. The van der Waals surface area contributed by atoms with Gasteiger partial charge in [-0.2, -0.15) is 4.31 Å². The maximum atomic E-state index is 12.9. The second-order valence-corrected chi connectivity index (χ2v) is 8.75. The van der Waals surface area contributed by atoms with E-state index in [1.807, 2.05) is 0 Å². The first-order chi connectivity index (χ1) is 11.6. The predicted molar refractivity (Wildman–Crippen MR) is 94.8 cm³/mol. The van der Waals surface area contributed by atoms with Crippen LogP contribution < -0.4 is 10.1 Å². The Morgan fingerprint density at radius 1 is 1.12 bits per heavy atom. The van der Waals surface area contributed by atoms with Gasteiger partial charge in [0.25, 0.3) is 0 Å². The zero-order chi connectivity index (χ0) is 17.0. The van der Waals surface area contributed by atoms with Crippen LogP contribution in [0.4, 0.5) is 0 Å². The summed E-state index contributed by atoms with van der Waals surface area (Å²) in [6, 6.07) is 7.65. The van der Waals surface area contributed by atoms with Crippen LogP contribution >= 0.6 is 0 Å². The molecule has 1 aromatic rings. The molecule has 2 fully saturated rings. The minimum absolute atomic E-state index is 0.299. The molecule has 2 bridgehead atoms. The average molecular weight is 353 g/mol. The van der Waals surface area contributed by atoms with E-state index in [9.17, 15) is 8.42 Å². The molecule has 3 rings (SSSR count). The van der Waals surface area contributed by atoms with Gasteiger partial charge >= 0.3 is 0 Å². The molecule has 2 aliphatic heterocycles. The van der Waals surface area contributed by atoms with Gasteiger partial charge in [-0.1, -0.05) is 19.8 Å². The Kier molecular flexibility index (Phi) is 5.79. The van der Waals surface area contributed by atoms with E-state index in [0.717, 1.165) is 37.9 Å². The zero-order valence-electron chi connectivity index (χ0n) is 14.4. The lowest BCUT2D eigenvalue weighted by molar-refractivity contribution is 0.306. The topological polar surface area (TPSA) is 58.6 Å².